The zero-order valence-electron chi connectivity index (χ0n) is 12.6. The SMILES string of the molecule is CC(=O)NC1C(OCc2cccc(Br)c2)OC(CO)C(O)C1O. The number of benzene rings is 1. The van der Waals surface area contributed by atoms with Crippen molar-refractivity contribution in [3.63, 3.8) is 0 Å². The maximum absolute atomic E-state index is 11.3. The molecule has 1 fully saturated rings. The molecule has 0 radical (unpaired) electrons. The highest BCUT2D eigenvalue weighted by molar-refractivity contribution is 9.10. The van der Waals surface area contributed by atoms with Gasteiger partial charge in [-0.1, -0.05) is 28.1 Å². The van der Waals surface area contributed by atoms with Crippen LogP contribution in [0.25, 0.3) is 0 Å². The van der Waals surface area contributed by atoms with Crippen LogP contribution in [0, 0.1) is 0 Å². The normalized spacial score (nSPS) is 30.9. The summed E-state index contributed by atoms with van der Waals surface area (Å²) >= 11 is 3.36. The third kappa shape index (κ3) is 4.72. The van der Waals surface area contributed by atoms with E-state index in [0.717, 1.165) is 10.0 Å². The Morgan fingerprint density at radius 1 is 1.39 bits per heavy atom. The lowest BCUT2D eigenvalue weighted by atomic mass is 9.97. The molecule has 1 amide bonds. The van der Waals surface area contributed by atoms with E-state index in [4.69, 9.17) is 9.47 Å². The van der Waals surface area contributed by atoms with E-state index in [1.54, 1.807) is 0 Å². The monoisotopic (exact) mass is 389 g/mol. The Labute approximate surface area is 142 Å². The van der Waals surface area contributed by atoms with Gasteiger partial charge in [0.25, 0.3) is 0 Å². The summed E-state index contributed by atoms with van der Waals surface area (Å²) in [6.45, 7) is 1.01. The summed E-state index contributed by atoms with van der Waals surface area (Å²) in [6.07, 6.45) is -4.60. The zero-order chi connectivity index (χ0) is 17.0. The third-order valence-electron chi connectivity index (χ3n) is 3.55. The van der Waals surface area contributed by atoms with Crippen LogP contribution in [0.3, 0.4) is 0 Å². The molecule has 0 saturated carbocycles. The summed E-state index contributed by atoms with van der Waals surface area (Å²) in [5.41, 5.74) is 0.866. The molecule has 1 aliphatic rings. The van der Waals surface area contributed by atoms with E-state index < -0.39 is 37.3 Å². The van der Waals surface area contributed by atoms with Crippen LogP contribution in [0.15, 0.2) is 28.7 Å². The second-order valence-corrected chi connectivity index (χ2v) is 6.29. The predicted molar refractivity (Wildman–Crippen MR) is 84.3 cm³/mol. The lowest BCUT2D eigenvalue weighted by molar-refractivity contribution is -0.273. The molecule has 0 aromatic heterocycles. The van der Waals surface area contributed by atoms with Gasteiger partial charge >= 0.3 is 0 Å². The fraction of sp³-hybridized carbons (Fsp3) is 0.533. The van der Waals surface area contributed by atoms with Crippen LogP contribution in [0.2, 0.25) is 0 Å². The first-order valence-corrected chi connectivity index (χ1v) is 7.97. The van der Waals surface area contributed by atoms with Gasteiger partial charge in [-0.25, -0.2) is 0 Å². The number of halogens is 1. The number of hydrogen-bond donors (Lipinski definition) is 4. The van der Waals surface area contributed by atoms with Gasteiger partial charge in [-0.05, 0) is 17.7 Å². The summed E-state index contributed by atoms with van der Waals surface area (Å²) in [7, 11) is 0. The molecule has 7 nitrogen and oxygen atoms in total. The Hall–Kier alpha value is -1.03. The van der Waals surface area contributed by atoms with Gasteiger partial charge in [0.15, 0.2) is 6.29 Å². The molecule has 1 heterocycles. The standard InChI is InChI=1S/C15H20BrNO6/c1-8(19)17-12-14(21)13(20)11(6-18)23-15(12)22-7-9-3-2-4-10(16)5-9/h2-5,11-15,18,20-21H,6-7H2,1H3,(H,17,19). The zero-order valence-corrected chi connectivity index (χ0v) is 14.1. The molecule has 0 bridgehead atoms. The summed E-state index contributed by atoms with van der Waals surface area (Å²) in [4.78, 5) is 11.3. The highest BCUT2D eigenvalue weighted by Gasteiger charge is 2.45. The van der Waals surface area contributed by atoms with Gasteiger partial charge in [0, 0.05) is 11.4 Å². The first-order chi connectivity index (χ1) is 10.9. The number of aliphatic hydroxyl groups is 3. The van der Waals surface area contributed by atoms with E-state index in [0.29, 0.717) is 0 Å². The van der Waals surface area contributed by atoms with Gasteiger partial charge in [0.2, 0.25) is 5.91 Å². The lowest BCUT2D eigenvalue weighted by Gasteiger charge is -2.42. The van der Waals surface area contributed by atoms with Gasteiger partial charge in [-0.15, -0.1) is 0 Å². The van der Waals surface area contributed by atoms with Crippen LogP contribution < -0.4 is 5.32 Å². The smallest absolute Gasteiger partial charge is 0.217 e. The van der Waals surface area contributed by atoms with Crippen molar-refractivity contribution in [1.29, 1.82) is 0 Å². The van der Waals surface area contributed by atoms with E-state index in [9.17, 15) is 20.1 Å². The van der Waals surface area contributed by atoms with Crippen molar-refractivity contribution in [3.05, 3.63) is 34.3 Å². The summed E-state index contributed by atoms with van der Waals surface area (Å²) < 4.78 is 12.0. The van der Waals surface area contributed by atoms with E-state index in [1.807, 2.05) is 24.3 Å². The van der Waals surface area contributed by atoms with Crippen molar-refractivity contribution < 1.29 is 29.6 Å². The van der Waals surface area contributed by atoms with Crippen molar-refractivity contribution >= 4 is 21.8 Å². The van der Waals surface area contributed by atoms with Crippen LogP contribution >= 0.6 is 15.9 Å². The summed E-state index contributed by atoms with van der Waals surface area (Å²) in [5, 5.41) is 31.8. The number of nitrogens with one attached hydrogen (secondary N) is 1. The molecule has 1 aromatic carbocycles. The number of carbonyl (C=O) groups excluding carboxylic acids is 1. The quantitative estimate of drug-likeness (QED) is 0.560. The largest absolute Gasteiger partial charge is 0.394 e. The van der Waals surface area contributed by atoms with Gasteiger partial charge in [0.1, 0.15) is 24.4 Å². The Morgan fingerprint density at radius 2 is 2.13 bits per heavy atom. The Bertz CT molecular complexity index is 542. The van der Waals surface area contributed by atoms with Gasteiger partial charge in [0.05, 0.1) is 13.2 Å². The predicted octanol–water partition coefficient (Wildman–Crippen LogP) is -0.0906. The molecule has 2 rings (SSSR count). The van der Waals surface area contributed by atoms with Gasteiger partial charge < -0.3 is 30.1 Å². The first-order valence-electron chi connectivity index (χ1n) is 7.18. The van der Waals surface area contributed by atoms with E-state index in [1.165, 1.54) is 6.92 Å². The summed E-state index contributed by atoms with van der Waals surface area (Å²) in [6, 6.07) is 6.52. The molecule has 1 saturated heterocycles. The fourth-order valence-electron chi connectivity index (χ4n) is 2.42. The summed E-state index contributed by atoms with van der Waals surface area (Å²) in [5.74, 6) is -0.386. The molecule has 0 aliphatic carbocycles. The van der Waals surface area contributed by atoms with Crippen molar-refractivity contribution in [1.82, 2.24) is 5.32 Å². The second kappa shape index (κ2) is 8.18. The molecular weight excluding hydrogens is 370 g/mol. The van der Waals surface area contributed by atoms with Crippen molar-refractivity contribution in [2.75, 3.05) is 6.61 Å². The minimum absolute atomic E-state index is 0.182. The maximum Gasteiger partial charge on any atom is 0.217 e. The Balaban J connectivity index is 2.09. The number of carbonyl (C=O) groups is 1. The van der Waals surface area contributed by atoms with Crippen LogP contribution in [-0.4, -0.2) is 58.5 Å². The second-order valence-electron chi connectivity index (χ2n) is 5.37. The lowest BCUT2D eigenvalue weighted by Crippen LogP contribution is -2.64. The van der Waals surface area contributed by atoms with E-state index in [2.05, 4.69) is 21.2 Å². The van der Waals surface area contributed by atoms with Crippen LogP contribution in [0.4, 0.5) is 0 Å². The fourth-order valence-corrected chi connectivity index (χ4v) is 2.86. The molecule has 0 spiro atoms. The van der Waals surface area contributed by atoms with Crippen molar-refractivity contribution in [2.24, 2.45) is 0 Å². The number of ether oxygens (including phenoxy) is 2. The molecule has 4 N–H and O–H groups in total. The minimum Gasteiger partial charge on any atom is -0.394 e. The van der Waals surface area contributed by atoms with Crippen molar-refractivity contribution in [2.45, 2.75) is 44.2 Å². The third-order valence-corrected chi connectivity index (χ3v) is 4.05. The first kappa shape index (κ1) is 18.3. The highest BCUT2D eigenvalue weighted by Crippen LogP contribution is 2.23. The highest BCUT2D eigenvalue weighted by atomic mass is 79.9. The number of rotatable bonds is 5. The molecule has 23 heavy (non-hydrogen) atoms. The van der Waals surface area contributed by atoms with Crippen LogP contribution in [-0.2, 0) is 20.9 Å². The van der Waals surface area contributed by atoms with E-state index >= 15 is 0 Å². The Morgan fingerprint density at radius 3 is 2.74 bits per heavy atom. The molecule has 1 aliphatic heterocycles. The molecule has 5 atom stereocenters. The number of aliphatic hydroxyl groups excluding tert-OH is 3. The molecular formula is C15H20BrNO6. The molecule has 128 valence electrons. The maximum atomic E-state index is 11.3. The number of hydrogen-bond acceptors (Lipinski definition) is 6. The van der Waals surface area contributed by atoms with Crippen LogP contribution in [0.1, 0.15) is 12.5 Å². The topological polar surface area (TPSA) is 108 Å². The average Bonchev–Trinajstić information content (AvgIpc) is 2.51. The Kier molecular flexibility index (Phi) is 6.51. The minimum atomic E-state index is -1.32. The molecule has 8 heteroatoms. The molecule has 5 unspecified atom stereocenters. The van der Waals surface area contributed by atoms with Gasteiger partial charge in [-0.3, -0.25) is 4.79 Å². The molecule has 1 aromatic rings. The van der Waals surface area contributed by atoms with Gasteiger partial charge in [-0.2, -0.15) is 0 Å². The number of amides is 1. The van der Waals surface area contributed by atoms with E-state index in [-0.39, 0.29) is 12.5 Å². The van der Waals surface area contributed by atoms with Crippen LogP contribution in [0.5, 0.6) is 0 Å². The average molecular weight is 390 g/mol. The van der Waals surface area contributed by atoms with Crippen molar-refractivity contribution in [3.8, 4) is 0 Å².